The smallest absolute Gasteiger partial charge is 0.270 e. The molecule has 2 atom stereocenters. The molecule has 0 unspecified atom stereocenters. The number of aromatic amines is 1. The summed E-state index contributed by atoms with van der Waals surface area (Å²) >= 11 is 3.48. The third-order valence-corrected chi connectivity index (χ3v) is 7.90. The van der Waals surface area contributed by atoms with E-state index in [1.54, 1.807) is 4.90 Å². The molecule has 2 aliphatic heterocycles. The fourth-order valence-corrected chi connectivity index (χ4v) is 5.84. The number of benzene rings is 2. The molecule has 2 aliphatic rings. The number of hydrogen-bond donors (Lipinski definition) is 2. The monoisotopic (exact) mass is 572 g/mol. The number of aromatic nitrogens is 1. The van der Waals surface area contributed by atoms with Crippen molar-refractivity contribution in [1.82, 2.24) is 14.8 Å². The Morgan fingerprint density at radius 1 is 1.19 bits per heavy atom. The Hall–Kier alpha value is -3.27. The molecule has 1 saturated heterocycles. The SMILES string of the molecule is CC(C)C[C@@H](C(=O)N1CC[C@@]2(C1)C(=O)Nc1ccc(Br)cc12)N(C)C(=O)c1cc2c(F)cc(F)cc2[nH]1. The Labute approximate surface area is 221 Å². The summed E-state index contributed by atoms with van der Waals surface area (Å²) in [7, 11) is 1.54. The number of halogens is 3. The fourth-order valence-electron chi connectivity index (χ4n) is 5.48. The van der Waals surface area contributed by atoms with Crippen LogP contribution in [-0.2, 0) is 15.0 Å². The highest BCUT2D eigenvalue weighted by Gasteiger charge is 2.53. The van der Waals surface area contributed by atoms with Crippen LogP contribution in [0.3, 0.4) is 0 Å². The molecule has 2 N–H and O–H groups in total. The van der Waals surface area contributed by atoms with E-state index in [0.717, 1.165) is 27.9 Å². The summed E-state index contributed by atoms with van der Waals surface area (Å²) < 4.78 is 28.7. The standard InChI is InChI=1S/C27H27BrF2N4O3/c1-14(2)8-23(33(3)24(35)22-12-17-19(30)10-16(29)11-21(17)31-22)25(36)34-7-6-27(13-34)18-9-15(28)4-5-20(18)32-26(27)37/h4-5,9-12,14,23,31H,6-8,13H2,1-3H3,(H,32,37)/t23-,27-/m0/s1. The molecule has 0 aliphatic carbocycles. The number of fused-ring (bicyclic) bond motifs is 3. The topological polar surface area (TPSA) is 85.5 Å². The molecule has 1 aromatic heterocycles. The van der Waals surface area contributed by atoms with Gasteiger partial charge in [-0.15, -0.1) is 0 Å². The lowest BCUT2D eigenvalue weighted by Gasteiger charge is -2.32. The minimum atomic E-state index is -0.835. The third-order valence-electron chi connectivity index (χ3n) is 7.41. The molecule has 3 amide bonds. The van der Waals surface area contributed by atoms with E-state index in [4.69, 9.17) is 0 Å². The van der Waals surface area contributed by atoms with Gasteiger partial charge in [0.1, 0.15) is 23.4 Å². The molecule has 3 aromatic rings. The Kier molecular flexibility index (Phi) is 6.34. The number of rotatable bonds is 5. The van der Waals surface area contributed by atoms with Crippen LogP contribution in [0.4, 0.5) is 14.5 Å². The second-order valence-corrected chi connectivity index (χ2v) is 11.2. The van der Waals surface area contributed by atoms with E-state index >= 15 is 0 Å². The van der Waals surface area contributed by atoms with Crippen LogP contribution in [0.1, 0.15) is 42.7 Å². The van der Waals surface area contributed by atoms with Gasteiger partial charge in [-0.1, -0.05) is 29.8 Å². The molecule has 0 saturated carbocycles. The predicted octanol–water partition coefficient (Wildman–Crippen LogP) is 4.82. The third kappa shape index (κ3) is 4.31. The van der Waals surface area contributed by atoms with Crippen molar-refractivity contribution >= 4 is 50.2 Å². The van der Waals surface area contributed by atoms with E-state index in [1.165, 1.54) is 18.0 Å². The van der Waals surface area contributed by atoms with Crippen LogP contribution in [0.15, 0.2) is 40.9 Å². The zero-order valence-corrected chi connectivity index (χ0v) is 22.3. The van der Waals surface area contributed by atoms with Gasteiger partial charge in [0.15, 0.2) is 0 Å². The average Bonchev–Trinajstić information content (AvgIpc) is 3.54. The van der Waals surface area contributed by atoms with Crippen molar-refractivity contribution in [2.75, 3.05) is 25.5 Å². The summed E-state index contributed by atoms with van der Waals surface area (Å²) in [6.07, 6.45) is 0.884. The maximum absolute atomic E-state index is 14.2. The van der Waals surface area contributed by atoms with Crippen molar-refractivity contribution in [2.24, 2.45) is 5.92 Å². The number of nitrogens with zero attached hydrogens (tertiary/aromatic N) is 2. The van der Waals surface area contributed by atoms with Gasteiger partial charge in [0, 0.05) is 41.7 Å². The van der Waals surface area contributed by atoms with Gasteiger partial charge >= 0.3 is 0 Å². The molecule has 37 heavy (non-hydrogen) atoms. The van der Waals surface area contributed by atoms with Crippen LogP contribution in [-0.4, -0.2) is 58.7 Å². The quantitative estimate of drug-likeness (QED) is 0.459. The molecule has 1 fully saturated rings. The number of hydrogen-bond acceptors (Lipinski definition) is 3. The summed E-state index contributed by atoms with van der Waals surface area (Å²) in [5, 5.41) is 3.04. The number of likely N-dealkylation sites (tertiary alicyclic amines) is 1. The molecule has 10 heteroatoms. The van der Waals surface area contributed by atoms with E-state index in [-0.39, 0.29) is 40.9 Å². The number of anilines is 1. The maximum atomic E-state index is 14.2. The predicted molar refractivity (Wildman–Crippen MR) is 139 cm³/mol. The van der Waals surface area contributed by atoms with E-state index in [0.29, 0.717) is 19.4 Å². The van der Waals surface area contributed by atoms with Crippen LogP contribution >= 0.6 is 15.9 Å². The molecule has 194 valence electrons. The first-order valence-electron chi connectivity index (χ1n) is 12.2. The number of likely N-dealkylation sites (N-methyl/N-ethyl adjacent to an activating group) is 1. The fraction of sp³-hybridized carbons (Fsp3) is 0.370. The van der Waals surface area contributed by atoms with Gasteiger partial charge in [0.05, 0.1) is 10.9 Å². The Morgan fingerprint density at radius 3 is 2.68 bits per heavy atom. The first-order valence-corrected chi connectivity index (χ1v) is 12.9. The molecule has 0 bridgehead atoms. The van der Waals surface area contributed by atoms with E-state index in [1.807, 2.05) is 32.0 Å². The van der Waals surface area contributed by atoms with Crippen LogP contribution < -0.4 is 5.32 Å². The molecule has 3 heterocycles. The van der Waals surface area contributed by atoms with Crippen LogP contribution in [0.25, 0.3) is 10.9 Å². The molecule has 7 nitrogen and oxygen atoms in total. The highest BCUT2D eigenvalue weighted by molar-refractivity contribution is 9.10. The Morgan fingerprint density at radius 2 is 1.95 bits per heavy atom. The molecule has 1 spiro atoms. The van der Waals surface area contributed by atoms with Crippen molar-refractivity contribution in [1.29, 1.82) is 0 Å². The van der Waals surface area contributed by atoms with Crippen molar-refractivity contribution in [3.63, 3.8) is 0 Å². The van der Waals surface area contributed by atoms with Crippen molar-refractivity contribution in [3.8, 4) is 0 Å². The highest BCUT2D eigenvalue weighted by Crippen LogP contribution is 2.45. The van der Waals surface area contributed by atoms with Crippen LogP contribution in [0.2, 0.25) is 0 Å². The first kappa shape index (κ1) is 25.4. The second-order valence-electron chi connectivity index (χ2n) is 10.3. The van der Waals surface area contributed by atoms with Gasteiger partial charge < -0.3 is 20.1 Å². The number of H-pyrrole nitrogens is 1. The van der Waals surface area contributed by atoms with Gasteiger partial charge in [-0.3, -0.25) is 14.4 Å². The van der Waals surface area contributed by atoms with Crippen molar-refractivity contribution in [2.45, 2.75) is 38.1 Å². The summed E-state index contributed by atoms with van der Waals surface area (Å²) in [5.41, 5.74) is 1.00. The van der Waals surface area contributed by atoms with Crippen LogP contribution in [0, 0.1) is 17.6 Å². The minimum Gasteiger partial charge on any atom is -0.350 e. The van der Waals surface area contributed by atoms with Crippen LogP contribution in [0.5, 0.6) is 0 Å². The van der Waals surface area contributed by atoms with Gasteiger partial charge in [0.25, 0.3) is 5.91 Å². The average molecular weight is 573 g/mol. The normalized spacial score (nSPS) is 19.5. The van der Waals surface area contributed by atoms with E-state index in [2.05, 4.69) is 26.2 Å². The largest absolute Gasteiger partial charge is 0.350 e. The molecule has 0 radical (unpaired) electrons. The molecule has 5 rings (SSSR count). The first-order chi connectivity index (χ1) is 17.5. The zero-order chi connectivity index (χ0) is 26.6. The number of nitrogens with one attached hydrogen (secondary N) is 2. The van der Waals surface area contributed by atoms with Gasteiger partial charge in [-0.25, -0.2) is 8.78 Å². The summed E-state index contributed by atoms with van der Waals surface area (Å²) in [6.45, 7) is 4.52. The number of carbonyl (C=O) groups is 3. The Bertz CT molecular complexity index is 1440. The van der Waals surface area contributed by atoms with Crippen molar-refractivity contribution < 1.29 is 23.2 Å². The lowest BCUT2D eigenvalue weighted by molar-refractivity contribution is -0.135. The molecular weight excluding hydrogens is 546 g/mol. The van der Waals surface area contributed by atoms with Crippen molar-refractivity contribution in [3.05, 3.63) is 63.8 Å². The number of amides is 3. The Balaban J connectivity index is 1.41. The van der Waals surface area contributed by atoms with E-state index < -0.39 is 29.0 Å². The van der Waals surface area contributed by atoms with Gasteiger partial charge in [-0.05, 0) is 54.7 Å². The summed E-state index contributed by atoms with van der Waals surface area (Å²) in [5.74, 6) is -2.30. The van der Waals surface area contributed by atoms with E-state index in [9.17, 15) is 23.2 Å². The lowest BCUT2D eigenvalue weighted by Crippen LogP contribution is -2.50. The summed E-state index contributed by atoms with van der Waals surface area (Å²) in [4.78, 5) is 46.1. The molecule has 2 aromatic carbocycles. The van der Waals surface area contributed by atoms with Gasteiger partial charge in [0.2, 0.25) is 11.8 Å². The summed E-state index contributed by atoms with van der Waals surface area (Å²) in [6, 6.07) is 8.06. The zero-order valence-electron chi connectivity index (χ0n) is 20.7. The highest BCUT2D eigenvalue weighted by atomic mass is 79.9. The lowest BCUT2D eigenvalue weighted by atomic mass is 9.81. The minimum absolute atomic E-state index is 0.0652. The maximum Gasteiger partial charge on any atom is 0.270 e. The number of carbonyl (C=O) groups excluding carboxylic acids is 3. The second kappa shape index (κ2) is 9.24. The van der Waals surface area contributed by atoms with Gasteiger partial charge in [-0.2, -0.15) is 0 Å². The molecular formula is C27H27BrF2N4O3.